The molecule has 1 aromatic rings. The van der Waals surface area contributed by atoms with E-state index < -0.39 is 0 Å². The smallest absolute Gasteiger partial charge is 0.122 e. The van der Waals surface area contributed by atoms with Crippen LogP contribution < -0.4 is 9.47 Å². The number of thiol groups is 1. The maximum atomic E-state index is 5.22. The summed E-state index contributed by atoms with van der Waals surface area (Å²) in [5.74, 6) is 2.02. The molecule has 0 aromatic heterocycles. The first kappa shape index (κ1) is 12.2. The Labute approximate surface area is 97.0 Å². The number of hydrogen-bond acceptors (Lipinski definition) is 3. The Balaban J connectivity index is 3.06. The molecule has 0 N–H and O–H groups in total. The molecule has 2 atom stereocenters. The minimum Gasteiger partial charge on any atom is -0.497 e. The SMILES string of the molecule is COc1cc(OC)cc(C(C)C(C)S)c1. The van der Waals surface area contributed by atoms with Crippen LogP contribution in [0.2, 0.25) is 0 Å². The van der Waals surface area contributed by atoms with Gasteiger partial charge in [-0.05, 0) is 23.6 Å². The first-order valence-corrected chi connectivity index (χ1v) is 5.51. The van der Waals surface area contributed by atoms with Gasteiger partial charge in [-0.3, -0.25) is 0 Å². The molecule has 0 heterocycles. The van der Waals surface area contributed by atoms with Crippen LogP contribution in [0.15, 0.2) is 18.2 Å². The molecule has 0 spiro atoms. The van der Waals surface area contributed by atoms with Crippen molar-refractivity contribution in [2.45, 2.75) is 25.0 Å². The van der Waals surface area contributed by atoms with Crippen LogP contribution in [-0.2, 0) is 0 Å². The Kier molecular flexibility index (Phi) is 4.33. The molecule has 0 radical (unpaired) electrons. The van der Waals surface area contributed by atoms with E-state index in [1.807, 2.05) is 18.2 Å². The van der Waals surface area contributed by atoms with Crippen molar-refractivity contribution in [2.24, 2.45) is 0 Å². The van der Waals surface area contributed by atoms with Crippen LogP contribution in [0.3, 0.4) is 0 Å². The summed E-state index contributed by atoms with van der Waals surface area (Å²) in [6.45, 7) is 4.23. The third-order valence-electron chi connectivity index (χ3n) is 2.62. The summed E-state index contributed by atoms with van der Waals surface area (Å²) in [4.78, 5) is 0. The maximum Gasteiger partial charge on any atom is 0.122 e. The average Bonchev–Trinajstić information content (AvgIpc) is 2.27. The summed E-state index contributed by atoms with van der Waals surface area (Å²) in [7, 11) is 3.32. The lowest BCUT2D eigenvalue weighted by molar-refractivity contribution is 0.393. The van der Waals surface area contributed by atoms with Crippen LogP contribution >= 0.6 is 12.6 Å². The Bertz CT molecular complexity index is 301. The fourth-order valence-electron chi connectivity index (χ4n) is 1.37. The summed E-state index contributed by atoms with van der Waals surface area (Å²) in [5, 5.41) is 0.307. The van der Waals surface area contributed by atoms with Crippen molar-refractivity contribution in [1.82, 2.24) is 0 Å². The van der Waals surface area contributed by atoms with Crippen molar-refractivity contribution in [3.8, 4) is 11.5 Å². The number of hydrogen-bond donors (Lipinski definition) is 1. The lowest BCUT2D eigenvalue weighted by Gasteiger charge is -2.17. The summed E-state index contributed by atoms with van der Waals surface area (Å²) in [6.07, 6.45) is 0. The average molecular weight is 226 g/mol. The van der Waals surface area contributed by atoms with Crippen LogP contribution in [0.1, 0.15) is 25.3 Å². The van der Waals surface area contributed by atoms with Gasteiger partial charge in [0, 0.05) is 11.3 Å². The van der Waals surface area contributed by atoms with Gasteiger partial charge in [0.05, 0.1) is 14.2 Å². The molecule has 0 amide bonds. The number of rotatable bonds is 4. The monoisotopic (exact) mass is 226 g/mol. The van der Waals surface area contributed by atoms with E-state index in [4.69, 9.17) is 9.47 Å². The number of methoxy groups -OCH3 is 2. The molecule has 0 saturated carbocycles. The molecule has 0 aliphatic rings. The Morgan fingerprint density at radius 1 is 1.00 bits per heavy atom. The molecule has 15 heavy (non-hydrogen) atoms. The predicted octanol–water partition coefficient (Wildman–Crippen LogP) is 3.13. The van der Waals surface area contributed by atoms with Gasteiger partial charge < -0.3 is 9.47 Å². The second-order valence-corrected chi connectivity index (χ2v) is 4.49. The van der Waals surface area contributed by atoms with Crippen LogP contribution in [0.5, 0.6) is 11.5 Å². The van der Waals surface area contributed by atoms with Gasteiger partial charge in [-0.15, -0.1) is 0 Å². The highest BCUT2D eigenvalue weighted by molar-refractivity contribution is 7.81. The molecule has 1 aromatic carbocycles. The van der Waals surface area contributed by atoms with Crippen molar-refractivity contribution in [3.63, 3.8) is 0 Å². The molecule has 2 nitrogen and oxygen atoms in total. The summed E-state index contributed by atoms with van der Waals surface area (Å²) in [6, 6.07) is 5.93. The van der Waals surface area contributed by atoms with E-state index in [0.717, 1.165) is 11.5 Å². The molecule has 0 aliphatic heterocycles. The van der Waals surface area contributed by atoms with Crippen molar-refractivity contribution in [1.29, 1.82) is 0 Å². The molecule has 0 aliphatic carbocycles. The molecule has 0 saturated heterocycles. The second-order valence-electron chi connectivity index (χ2n) is 3.68. The first-order valence-electron chi connectivity index (χ1n) is 4.99. The third-order valence-corrected chi connectivity index (χ3v) is 3.07. The minimum atomic E-state index is 0.307. The van der Waals surface area contributed by atoms with Gasteiger partial charge in [-0.25, -0.2) is 0 Å². The molecule has 0 fully saturated rings. The second kappa shape index (κ2) is 5.31. The van der Waals surface area contributed by atoms with Gasteiger partial charge in [-0.2, -0.15) is 12.6 Å². The molecule has 84 valence electrons. The van der Waals surface area contributed by atoms with E-state index in [2.05, 4.69) is 26.5 Å². The Morgan fingerprint density at radius 3 is 1.80 bits per heavy atom. The lowest BCUT2D eigenvalue weighted by atomic mass is 9.98. The summed E-state index contributed by atoms with van der Waals surface area (Å²) in [5.41, 5.74) is 1.19. The molecule has 3 heteroatoms. The van der Waals surface area contributed by atoms with E-state index >= 15 is 0 Å². The van der Waals surface area contributed by atoms with Crippen LogP contribution in [0.4, 0.5) is 0 Å². The Hall–Kier alpha value is -0.830. The van der Waals surface area contributed by atoms with Crippen molar-refractivity contribution < 1.29 is 9.47 Å². The molecular weight excluding hydrogens is 208 g/mol. The van der Waals surface area contributed by atoms with Crippen molar-refractivity contribution in [3.05, 3.63) is 23.8 Å². The minimum absolute atomic E-state index is 0.307. The molecule has 2 unspecified atom stereocenters. The normalized spacial score (nSPS) is 14.5. The van der Waals surface area contributed by atoms with Crippen LogP contribution in [0.25, 0.3) is 0 Å². The highest BCUT2D eigenvalue weighted by Crippen LogP contribution is 2.30. The van der Waals surface area contributed by atoms with E-state index in [1.54, 1.807) is 14.2 Å². The van der Waals surface area contributed by atoms with Crippen molar-refractivity contribution in [2.75, 3.05) is 14.2 Å². The maximum absolute atomic E-state index is 5.22. The topological polar surface area (TPSA) is 18.5 Å². The van der Waals surface area contributed by atoms with E-state index in [0.29, 0.717) is 11.2 Å². The molecule has 0 bridgehead atoms. The Morgan fingerprint density at radius 2 is 1.47 bits per heavy atom. The van der Waals surface area contributed by atoms with Gasteiger partial charge in [-0.1, -0.05) is 13.8 Å². The molecular formula is C12H18O2S. The van der Waals surface area contributed by atoms with Gasteiger partial charge in [0.2, 0.25) is 0 Å². The number of benzene rings is 1. The zero-order valence-corrected chi connectivity index (χ0v) is 10.5. The standard InChI is InChI=1S/C12H18O2S/c1-8(9(2)15)10-5-11(13-3)7-12(6-10)14-4/h5-9,15H,1-4H3. The van der Waals surface area contributed by atoms with Crippen molar-refractivity contribution >= 4 is 12.6 Å². The third kappa shape index (κ3) is 3.06. The predicted molar refractivity (Wildman–Crippen MR) is 66.4 cm³/mol. The number of ether oxygens (including phenoxy) is 2. The van der Waals surface area contributed by atoms with E-state index in [-0.39, 0.29) is 0 Å². The van der Waals surface area contributed by atoms with E-state index in [9.17, 15) is 0 Å². The van der Waals surface area contributed by atoms with Gasteiger partial charge in [0.25, 0.3) is 0 Å². The zero-order valence-electron chi connectivity index (χ0n) is 9.65. The van der Waals surface area contributed by atoms with Gasteiger partial charge in [0.15, 0.2) is 0 Å². The van der Waals surface area contributed by atoms with Crippen LogP contribution in [0, 0.1) is 0 Å². The highest BCUT2D eigenvalue weighted by Gasteiger charge is 2.13. The quantitative estimate of drug-likeness (QED) is 0.795. The van der Waals surface area contributed by atoms with Gasteiger partial charge >= 0.3 is 0 Å². The lowest BCUT2D eigenvalue weighted by Crippen LogP contribution is -2.05. The summed E-state index contributed by atoms with van der Waals surface area (Å²) < 4.78 is 10.4. The van der Waals surface area contributed by atoms with E-state index in [1.165, 1.54) is 5.56 Å². The van der Waals surface area contributed by atoms with Gasteiger partial charge in [0.1, 0.15) is 11.5 Å². The zero-order chi connectivity index (χ0) is 11.4. The summed E-state index contributed by atoms with van der Waals surface area (Å²) >= 11 is 4.45. The molecule has 1 rings (SSSR count). The van der Waals surface area contributed by atoms with Crippen LogP contribution in [-0.4, -0.2) is 19.5 Å². The largest absolute Gasteiger partial charge is 0.497 e. The highest BCUT2D eigenvalue weighted by atomic mass is 32.1. The fraction of sp³-hybridized carbons (Fsp3) is 0.500. The fourth-order valence-corrected chi connectivity index (χ4v) is 1.54. The first-order chi connectivity index (χ1) is 7.08.